The zero-order valence-corrected chi connectivity index (χ0v) is 17.1. The molecular formula is C24H22FNO5. The molecule has 31 heavy (non-hydrogen) atoms. The first-order chi connectivity index (χ1) is 15.0. The maximum absolute atomic E-state index is 13.3. The number of rotatable bonds is 6. The van der Waals surface area contributed by atoms with Crippen LogP contribution < -0.4 is 9.47 Å². The molecule has 0 aromatic heterocycles. The van der Waals surface area contributed by atoms with Crippen LogP contribution in [0.3, 0.4) is 0 Å². The number of hydrogen-bond acceptors (Lipinski definition) is 5. The maximum Gasteiger partial charge on any atom is 0.413 e. The second kappa shape index (κ2) is 8.28. The number of carbonyl (C=O) groups is 1. The summed E-state index contributed by atoms with van der Waals surface area (Å²) < 4.78 is 29.4. The van der Waals surface area contributed by atoms with Crippen molar-refractivity contribution >= 4 is 6.09 Å². The van der Waals surface area contributed by atoms with Gasteiger partial charge in [-0.05, 0) is 47.5 Å². The van der Waals surface area contributed by atoms with Gasteiger partial charge in [0, 0.05) is 5.56 Å². The summed E-state index contributed by atoms with van der Waals surface area (Å²) in [5, 5.41) is 11.9. The molecule has 1 amide bonds. The van der Waals surface area contributed by atoms with E-state index in [0.29, 0.717) is 28.2 Å². The molecule has 0 radical (unpaired) electrons. The summed E-state index contributed by atoms with van der Waals surface area (Å²) in [6.45, 7) is 0.0360. The molecule has 0 unspecified atom stereocenters. The minimum atomic E-state index is -1.80. The number of carbonyl (C=O) groups excluding carboxylic acids is 1. The number of hydrogen-bond donors (Lipinski definition) is 1. The summed E-state index contributed by atoms with van der Waals surface area (Å²) >= 11 is 0. The monoisotopic (exact) mass is 423 g/mol. The van der Waals surface area contributed by atoms with Crippen molar-refractivity contribution in [1.29, 1.82) is 0 Å². The Morgan fingerprint density at radius 2 is 1.48 bits per heavy atom. The number of halogens is 1. The van der Waals surface area contributed by atoms with Gasteiger partial charge in [-0.15, -0.1) is 0 Å². The molecule has 4 rings (SSSR count). The van der Waals surface area contributed by atoms with Crippen LogP contribution in [0, 0.1) is 5.82 Å². The first-order valence-corrected chi connectivity index (χ1v) is 9.69. The van der Waals surface area contributed by atoms with Crippen LogP contribution in [0.4, 0.5) is 9.18 Å². The van der Waals surface area contributed by atoms with Crippen LogP contribution in [0.15, 0.2) is 72.8 Å². The summed E-state index contributed by atoms with van der Waals surface area (Å²) in [6, 6.07) is 19.5. The van der Waals surface area contributed by atoms with Crippen LogP contribution in [0.25, 0.3) is 0 Å². The van der Waals surface area contributed by atoms with E-state index in [4.69, 9.17) is 14.2 Å². The molecular weight excluding hydrogens is 401 g/mol. The summed E-state index contributed by atoms with van der Waals surface area (Å²) in [4.78, 5) is 14.1. The quantitative estimate of drug-likeness (QED) is 0.637. The van der Waals surface area contributed by atoms with Crippen LogP contribution in [-0.2, 0) is 17.0 Å². The summed E-state index contributed by atoms with van der Waals surface area (Å²) in [6.07, 6.45) is -1.66. The van der Waals surface area contributed by atoms with Crippen molar-refractivity contribution < 1.29 is 28.5 Å². The van der Waals surface area contributed by atoms with Gasteiger partial charge in [0.1, 0.15) is 17.3 Å². The molecule has 6 nitrogen and oxygen atoms in total. The Hall–Kier alpha value is -3.58. The van der Waals surface area contributed by atoms with Crippen molar-refractivity contribution in [2.24, 2.45) is 0 Å². The lowest BCUT2D eigenvalue weighted by Gasteiger charge is -2.35. The molecule has 0 saturated carbocycles. The highest BCUT2D eigenvalue weighted by Gasteiger charge is 2.56. The summed E-state index contributed by atoms with van der Waals surface area (Å²) in [5.41, 5.74) is -0.0800. The molecule has 7 heteroatoms. The fourth-order valence-corrected chi connectivity index (χ4v) is 3.71. The summed E-state index contributed by atoms with van der Waals surface area (Å²) in [7, 11) is 3.11. The third kappa shape index (κ3) is 3.80. The van der Waals surface area contributed by atoms with Gasteiger partial charge in [0.25, 0.3) is 0 Å². The highest BCUT2D eigenvalue weighted by Crippen LogP contribution is 2.47. The molecule has 1 saturated heterocycles. The Morgan fingerprint density at radius 3 is 2.03 bits per heavy atom. The molecule has 3 aromatic carbocycles. The number of methoxy groups -OCH3 is 2. The van der Waals surface area contributed by atoms with Crippen LogP contribution in [0.1, 0.15) is 22.8 Å². The highest BCUT2D eigenvalue weighted by atomic mass is 19.1. The predicted octanol–water partition coefficient (Wildman–Crippen LogP) is 4.38. The minimum absolute atomic E-state index is 0.0360. The van der Waals surface area contributed by atoms with Gasteiger partial charge in [0.15, 0.2) is 6.10 Å². The van der Waals surface area contributed by atoms with Gasteiger partial charge in [-0.3, -0.25) is 4.90 Å². The minimum Gasteiger partial charge on any atom is -0.497 e. The van der Waals surface area contributed by atoms with E-state index in [1.54, 1.807) is 74.9 Å². The first-order valence-electron chi connectivity index (χ1n) is 9.69. The number of nitrogens with zero attached hydrogens (tertiary/aromatic N) is 1. The molecule has 0 aliphatic carbocycles. The van der Waals surface area contributed by atoms with Gasteiger partial charge in [-0.2, -0.15) is 0 Å². The molecule has 2 atom stereocenters. The Morgan fingerprint density at radius 1 is 0.935 bits per heavy atom. The molecule has 3 aromatic rings. The number of aliphatic hydroxyl groups is 1. The first kappa shape index (κ1) is 20.7. The van der Waals surface area contributed by atoms with E-state index >= 15 is 0 Å². The van der Waals surface area contributed by atoms with Crippen LogP contribution in [0.5, 0.6) is 11.5 Å². The van der Waals surface area contributed by atoms with E-state index in [2.05, 4.69) is 0 Å². The van der Waals surface area contributed by atoms with E-state index < -0.39 is 17.9 Å². The number of amides is 1. The third-order valence-corrected chi connectivity index (χ3v) is 5.40. The lowest BCUT2D eigenvalue weighted by Crippen LogP contribution is -2.45. The van der Waals surface area contributed by atoms with Gasteiger partial charge in [0.05, 0.1) is 20.8 Å². The smallest absolute Gasteiger partial charge is 0.413 e. The molecule has 0 spiro atoms. The van der Waals surface area contributed by atoms with Crippen molar-refractivity contribution in [1.82, 2.24) is 4.90 Å². The largest absolute Gasteiger partial charge is 0.497 e. The molecule has 160 valence electrons. The van der Waals surface area contributed by atoms with Crippen LogP contribution >= 0.6 is 0 Å². The van der Waals surface area contributed by atoms with Gasteiger partial charge < -0.3 is 19.3 Å². The van der Waals surface area contributed by atoms with Crippen LogP contribution in [0.2, 0.25) is 0 Å². The van der Waals surface area contributed by atoms with Crippen molar-refractivity contribution in [3.8, 4) is 11.5 Å². The zero-order valence-electron chi connectivity index (χ0n) is 17.1. The van der Waals surface area contributed by atoms with E-state index in [1.807, 2.05) is 0 Å². The number of ether oxygens (including phenoxy) is 3. The topological polar surface area (TPSA) is 68.2 Å². The van der Waals surface area contributed by atoms with E-state index in [1.165, 1.54) is 17.0 Å². The van der Waals surface area contributed by atoms with Crippen molar-refractivity contribution in [3.05, 3.63) is 95.3 Å². The lowest BCUT2D eigenvalue weighted by molar-refractivity contribution is -0.113. The van der Waals surface area contributed by atoms with Gasteiger partial charge >= 0.3 is 6.09 Å². The molecule has 1 aliphatic rings. The van der Waals surface area contributed by atoms with Gasteiger partial charge in [-0.1, -0.05) is 36.4 Å². The van der Waals surface area contributed by atoms with Crippen molar-refractivity contribution in [2.45, 2.75) is 18.4 Å². The average Bonchev–Trinajstić information content (AvgIpc) is 3.06. The predicted molar refractivity (Wildman–Crippen MR) is 111 cm³/mol. The Balaban J connectivity index is 1.78. The second-order valence-electron chi connectivity index (χ2n) is 7.20. The molecule has 0 bridgehead atoms. The fraction of sp³-hybridized carbons (Fsp3) is 0.208. The zero-order chi connectivity index (χ0) is 22.0. The van der Waals surface area contributed by atoms with E-state index in [-0.39, 0.29) is 12.4 Å². The standard InChI is InChI=1S/C24H22FNO5/c1-29-20-11-5-17(6-12-20)22-24(28,18-7-13-21(30-2)14-8-18)26(23(27)31-22)15-16-3-9-19(25)10-4-16/h3-14,22,28H,15H2,1-2H3/t22-,24+/m0/s1. The van der Waals surface area contributed by atoms with Gasteiger partial charge in [0.2, 0.25) is 5.72 Å². The normalized spacial score (nSPS) is 20.5. The van der Waals surface area contributed by atoms with Gasteiger partial charge in [-0.25, -0.2) is 9.18 Å². The second-order valence-corrected chi connectivity index (χ2v) is 7.20. The number of cyclic esters (lactones) is 1. The Kier molecular flexibility index (Phi) is 5.52. The van der Waals surface area contributed by atoms with Crippen LogP contribution in [-0.4, -0.2) is 30.3 Å². The van der Waals surface area contributed by atoms with Crippen molar-refractivity contribution in [3.63, 3.8) is 0 Å². The third-order valence-electron chi connectivity index (χ3n) is 5.40. The van der Waals surface area contributed by atoms with E-state index in [9.17, 15) is 14.3 Å². The SMILES string of the molecule is COc1ccc([C@@H]2OC(=O)N(Cc3ccc(F)cc3)[C@@]2(O)c2ccc(OC)cc2)cc1. The molecule has 1 heterocycles. The summed E-state index contributed by atoms with van der Waals surface area (Å²) in [5.74, 6) is 0.877. The lowest BCUT2D eigenvalue weighted by atomic mass is 9.91. The molecule has 1 aliphatic heterocycles. The number of benzene rings is 3. The maximum atomic E-state index is 13.3. The van der Waals surface area contributed by atoms with Crippen molar-refractivity contribution in [2.75, 3.05) is 14.2 Å². The average molecular weight is 423 g/mol. The molecule has 1 N–H and O–H groups in total. The highest BCUT2D eigenvalue weighted by molar-refractivity contribution is 5.72. The Bertz CT molecular complexity index is 1050. The van der Waals surface area contributed by atoms with E-state index in [0.717, 1.165) is 0 Å². The molecule has 1 fully saturated rings. The fourth-order valence-electron chi connectivity index (χ4n) is 3.71. The Labute approximate surface area is 179 Å².